The normalized spacial score (nSPS) is 18.1. The Balaban J connectivity index is 2.72. The van der Waals surface area contributed by atoms with Gasteiger partial charge in [-0.1, -0.05) is 31.9 Å². The van der Waals surface area contributed by atoms with E-state index in [1.54, 1.807) is 0 Å². The van der Waals surface area contributed by atoms with Crippen LogP contribution in [0.15, 0.2) is 11.6 Å². The molecule has 0 heterocycles. The molecule has 0 aromatic rings. The van der Waals surface area contributed by atoms with Gasteiger partial charge in [0.15, 0.2) is 0 Å². The van der Waals surface area contributed by atoms with Gasteiger partial charge >= 0.3 is 0 Å². The minimum atomic E-state index is -0.263. The lowest BCUT2D eigenvalue weighted by atomic mass is 9.79. The van der Waals surface area contributed by atoms with Crippen LogP contribution in [0.3, 0.4) is 0 Å². The Morgan fingerprint density at radius 2 is 1.73 bits per heavy atom. The first-order chi connectivity index (χ1) is 6.93. The second-order valence-electron chi connectivity index (χ2n) is 5.60. The zero-order chi connectivity index (χ0) is 11.5. The Kier molecular flexibility index (Phi) is 4.12. The maximum absolute atomic E-state index is 12.0. The molecule has 0 aromatic heterocycles. The lowest BCUT2D eigenvalue weighted by Gasteiger charge is -2.24. The first-order valence-electron chi connectivity index (χ1n) is 6.18. The van der Waals surface area contributed by atoms with Crippen LogP contribution in [0.4, 0.5) is 0 Å². The maximum atomic E-state index is 12.0. The average Bonchev–Trinajstić information content (AvgIpc) is 2.17. The molecular weight excluding hydrogens is 184 g/mol. The van der Waals surface area contributed by atoms with E-state index in [9.17, 15) is 4.79 Å². The molecule has 0 aromatic carbocycles. The molecule has 1 fully saturated rings. The summed E-state index contributed by atoms with van der Waals surface area (Å²) in [7, 11) is 0. The Morgan fingerprint density at radius 1 is 1.20 bits per heavy atom. The van der Waals surface area contributed by atoms with Gasteiger partial charge in [-0.05, 0) is 39.5 Å². The van der Waals surface area contributed by atoms with E-state index >= 15 is 0 Å². The molecule has 1 heteroatoms. The zero-order valence-electron chi connectivity index (χ0n) is 10.6. The van der Waals surface area contributed by atoms with Gasteiger partial charge in [-0.2, -0.15) is 0 Å². The van der Waals surface area contributed by atoms with E-state index in [2.05, 4.69) is 19.9 Å². The van der Waals surface area contributed by atoms with Gasteiger partial charge in [0.25, 0.3) is 0 Å². The molecule has 0 aliphatic heterocycles. The predicted molar refractivity (Wildman–Crippen MR) is 64.8 cm³/mol. The number of carbonyl (C=O) groups excluding carboxylic acids is 1. The van der Waals surface area contributed by atoms with E-state index in [4.69, 9.17) is 0 Å². The summed E-state index contributed by atoms with van der Waals surface area (Å²) in [6, 6.07) is 0. The SMILES string of the molecule is CC(C)C(=O)C(C)(C)C=C1CCCCC1. The summed E-state index contributed by atoms with van der Waals surface area (Å²) >= 11 is 0. The second kappa shape index (κ2) is 4.96. The fourth-order valence-electron chi connectivity index (χ4n) is 2.48. The van der Waals surface area contributed by atoms with Gasteiger partial charge in [0.2, 0.25) is 0 Å². The molecule has 15 heavy (non-hydrogen) atoms. The van der Waals surface area contributed by atoms with Crippen molar-refractivity contribution in [1.29, 1.82) is 0 Å². The Morgan fingerprint density at radius 3 is 2.20 bits per heavy atom. The zero-order valence-corrected chi connectivity index (χ0v) is 10.6. The van der Waals surface area contributed by atoms with Crippen LogP contribution in [-0.4, -0.2) is 5.78 Å². The van der Waals surface area contributed by atoms with E-state index in [0.29, 0.717) is 5.78 Å². The van der Waals surface area contributed by atoms with Crippen LogP contribution in [0.5, 0.6) is 0 Å². The third-order valence-electron chi connectivity index (χ3n) is 3.22. The third kappa shape index (κ3) is 3.48. The lowest BCUT2D eigenvalue weighted by molar-refractivity contribution is -0.128. The van der Waals surface area contributed by atoms with E-state index in [1.165, 1.54) is 37.7 Å². The third-order valence-corrected chi connectivity index (χ3v) is 3.22. The molecule has 0 radical (unpaired) electrons. The highest BCUT2D eigenvalue weighted by Crippen LogP contribution is 2.30. The van der Waals surface area contributed by atoms with Crippen molar-refractivity contribution in [2.75, 3.05) is 0 Å². The maximum Gasteiger partial charge on any atom is 0.144 e. The Bertz CT molecular complexity index is 251. The highest BCUT2D eigenvalue weighted by atomic mass is 16.1. The summed E-state index contributed by atoms with van der Waals surface area (Å²) in [6.45, 7) is 8.08. The number of ketones is 1. The predicted octanol–water partition coefficient (Wildman–Crippen LogP) is 4.13. The van der Waals surface area contributed by atoms with Crippen molar-refractivity contribution < 1.29 is 4.79 Å². The van der Waals surface area contributed by atoms with Gasteiger partial charge in [0, 0.05) is 11.3 Å². The van der Waals surface area contributed by atoms with Crippen molar-refractivity contribution in [2.45, 2.75) is 59.8 Å². The molecule has 1 rings (SSSR count). The topological polar surface area (TPSA) is 17.1 Å². The standard InChI is InChI=1S/C14H24O/c1-11(2)13(15)14(3,4)10-12-8-6-5-7-9-12/h10-11H,5-9H2,1-4H3. The van der Waals surface area contributed by atoms with Gasteiger partial charge in [0.05, 0.1) is 0 Å². The van der Waals surface area contributed by atoms with Crippen molar-refractivity contribution >= 4 is 5.78 Å². The second-order valence-corrected chi connectivity index (χ2v) is 5.60. The summed E-state index contributed by atoms with van der Waals surface area (Å²) in [4.78, 5) is 12.0. The number of hydrogen-bond donors (Lipinski definition) is 0. The molecule has 86 valence electrons. The summed E-state index contributed by atoms with van der Waals surface area (Å²) < 4.78 is 0. The van der Waals surface area contributed by atoms with Crippen LogP contribution in [0.25, 0.3) is 0 Å². The molecule has 0 saturated heterocycles. The van der Waals surface area contributed by atoms with Crippen LogP contribution in [0.1, 0.15) is 59.8 Å². The number of allylic oxidation sites excluding steroid dienone is 2. The number of hydrogen-bond acceptors (Lipinski definition) is 1. The molecule has 0 spiro atoms. The van der Waals surface area contributed by atoms with Crippen molar-refractivity contribution in [3.8, 4) is 0 Å². The largest absolute Gasteiger partial charge is 0.298 e. The molecule has 0 atom stereocenters. The average molecular weight is 208 g/mol. The minimum absolute atomic E-state index is 0.139. The van der Waals surface area contributed by atoms with Crippen LogP contribution in [0.2, 0.25) is 0 Å². The number of rotatable bonds is 3. The van der Waals surface area contributed by atoms with Crippen molar-refractivity contribution in [3.63, 3.8) is 0 Å². The van der Waals surface area contributed by atoms with Crippen LogP contribution in [-0.2, 0) is 4.79 Å². The molecule has 0 N–H and O–H groups in total. The van der Waals surface area contributed by atoms with Gasteiger partial charge < -0.3 is 0 Å². The summed E-state index contributed by atoms with van der Waals surface area (Å²) in [6.07, 6.45) is 8.60. The van der Waals surface area contributed by atoms with E-state index in [1.807, 2.05) is 13.8 Å². The van der Waals surface area contributed by atoms with Crippen LogP contribution in [0, 0.1) is 11.3 Å². The van der Waals surface area contributed by atoms with Gasteiger partial charge in [-0.15, -0.1) is 0 Å². The molecule has 1 aliphatic carbocycles. The quantitative estimate of drug-likeness (QED) is 0.637. The molecular formula is C14H24O. The van der Waals surface area contributed by atoms with Crippen molar-refractivity contribution in [1.82, 2.24) is 0 Å². The molecule has 1 nitrogen and oxygen atoms in total. The molecule has 0 bridgehead atoms. The highest BCUT2D eigenvalue weighted by Gasteiger charge is 2.27. The first kappa shape index (κ1) is 12.5. The van der Waals surface area contributed by atoms with Crippen molar-refractivity contribution in [2.24, 2.45) is 11.3 Å². The van der Waals surface area contributed by atoms with Gasteiger partial charge in [0.1, 0.15) is 5.78 Å². The fraction of sp³-hybridized carbons (Fsp3) is 0.786. The molecule has 1 aliphatic rings. The van der Waals surface area contributed by atoms with E-state index in [-0.39, 0.29) is 11.3 Å². The van der Waals surface area contributed by atoms with E-state index in [0.717, 1.165) is 0 Å². The number of carbonyl (C=O) groups is 1. The summed E-state index contributed by atoms with van der Waals surface area (Å²) in [5.74, 6) is 0.501. The number of Topliss-reactive ketones (excluding diaryl/α,β-unsaturated/α-hetero) is 1. The highest BCUT2D eigenvalue weighted by molar-refractivity contribution is 5.87. The van der Waals surface area contributed by atoms with Crippen LogP contribution < -0.4 is 0 Å². The molecule has 1 saturated carbocycles. The fourth-order valence-corrected chi connectivity index (χ4v) is 2.48. The van der Waals surface area contributed by atoms with Gasteiger partial charge in [-0.25, -0.2) is 0 Å². The summed E-state index contributed by atoms with van der Waals surface area (Å²) in [5, 5.41) is 0. The van der Waals surface area contributed by atoms with Crippen LogP contribution >= 0.6 is 0 Å². The summed E-state index contributed by atoms with van der Waals surface area (Å²) in [5.41, 5.74) is 1.24. The Labute approximate surface area is 93.9 Å². The smallest absolute Gasteiger partial charge is 0.144 e. The van der Waals surface area contributed by atoms with Crippen molar-refractivity contribution in [3.05, 3.63) is 11.6 Å². The first-order valence-corrected chi connectivity index (χ1v) is 6.18. The molecule has 0 unspecified atom stereocenters. The van der Waals surface area contributed by atoms with E-state index < -0.39 is 0 Å². The minimum Gasteiger partial charge on any atom is -0.298 e. The Hall–Kier alpha value is -0.590. The van der Waals surface area contributed by atoms with Gasteiger partial charge in [-0.3, -0.25) is 4.79 Å². The molecule has 0 amide bonds. The lowest BCUT2D eigenvalue weighted by Crippen LogP contribution is -2.27. The monoisotopic (exact) mass is 208 g/mol.